The molecule has 0 heterocycles. The first kappa shape index (κ1) is 12.7. The van der Waals surface area contributed by atoms with Gasteiger partial charge in [0.1, 0.15) is 0 Å². The average Bonchev–Trinajstić information content (AvgIpc) is 2.80. The van der Waals surface area contributed by atoms with Gasteiger partial charge >= 0.3 is 0 Å². The molecule has 3 rings (SSSR count). The summed E-state index contributed by atoms with van der Waals surface area (Å²) in [6.07, 6.45) is 2.36. The summed E-state index contributed by atoms with van der Waals surface area (Å²) in [5, 5.41) is 4.48. The first-order valence-corrected chi connectivity index (χ1v) is 7.18. The second-order valence-electron chi connectivity index (χ2n) is 5.27. The molecule has 19 heavy (non-hydrogen) atoms. The number of aryl methyl sites for hydroxylation is 2. The lowest BCUT2D eigenvalue weighted by atomic mass is 10.0. The van der Waals surface area contributed by atoms with E-state index in [4.69, 9.17) is 11.6 Å². The van der Waals surface area contributed by atoms with Crippen LogP contribution in [0.15, 0.2) is 42.5 Å². The number of fused-ring (bicyclic) bond motifs is 1. The molecule has 1 nitrogen and oxygen atoms in total. The quantitative estimate of drug-likeness (QED) is 0.871. The van der Waals surface area contributed by atoms with Crippen molar-refractivity contribution in [2.24, 2.45) is 0 Å². The van der Waals surface area contributed by atoms with E-state index in [9.17, 15) is 0 Å². The first-order valence-electron chi connectivity index (χ1n) is 6.80. The molecule has 1 unspecified atom stereocenters. The van der Waals surface area contributed by atoms with Gasteiger partial charge in [0.15, 0.2) is 0 Å². The Labute approximate surface area is 119 Å². The van der Waals surface area contributed by atoms with E-state index < -0.39 is 0 Å². The summed E-state index contributed by atoms with van der Waals surface area (Å²) in [5.74, 6) is 0. The van der Waals surface area contributed by atoms with Crippen molar-refractivity contribution in [3.8, 4) is 0 Å². The van der Waals surface area contributed by atoms with Crippen molar-refractivity contribution in [2.45, 2.75) is 32.4 Å². The van der Waals surface area contributed by atoms with E-state index in [1.54, 1.807) is 0 Å². The predicted molar refractivity (Wildman–Crippen MR) is 80.5 cm³/mol. The molecule has 0 radical (unpaired) electrons. The van der Waals surface area contributed by atoms with Crippen LogP contribution in [0.25, 0.3) is 0 Å². The molecular formula is C17H18ClN. The molecule has 2 aromatic carbocycles. The molecule has 2 heteroatoms. The summed E-state index contributed by atoms with van der Waals surface area (Å²) in [4.78, 5) is 0. The van der Waals surface area contributed by atoms with Crippen LogP contribution in [0.4, 0.5) is 0 Å². The molecule has 0 aliphatic heterocycles. The molecule has 98 valence electrons. The van der Waals surface area contributed by atoms with E-state index in [1.165, 1.54) is 35.1 Å². The molecule has 0 bridgehead atoms. The zero-order valence-corrected chi connectivity index (χ0v) is 11.9. The van der Waals surface area contributed by atoms with Crippen LogP contribution >= 0.6 is 11.6 Å². The minimum Gasteiger partial charge on any atom is -0.306 e. The largest absolute Gasteiger partial charge is 0.306 e. The summed E-state index contributed by atoms with van der Waals surface area (Å²) in [6.45, 7) is 2.99. The molecule has 1 aliphatic carbocycles. The Hall–Kier alpha value is -1.31. The molecule has 0 aromatic heterocycles. The van der Waals surface area contributed by atoms with Gasteiger partial charge in [-0.25, -0.2) is 0 Å². The topological polar surface area (TPSA) is 12.0 Å². The van der Waals surface area contributed by atoms with Gasteiger partial charge in [0.25, 0.3) is 0 Å². The Kier molecular flexibility index (Phi) is 3.58. The molecule has 2 aromatic rings. The maximum atomic E-state index is 6.20. The molecule has 0 saturated heterocycles. The second-order valence-corrected chi connectivity index (χ2v) is 5.67. The summed E-state index contributed by atoms with van der Waals surface area (Å²) in [7, 11) is 0. The smallest absolute Gasteiger partial charge is 0.0450 e. The fourth-order valence-electron chi connectivity index (χ4n) is 2.81. The zero-order valence-electron chi connectivity index (χ0n) is 11.1. The van der Waals surface area contributed by atoms with Crippen molar-refractivity contribution < 1.29 is 0 Å². The van der Waals surface area contributed by atoms with Crippen LogP contribution in [-0.2, 0) is 13.0 Å². The fraction of sp³-hybridized carbons (Fsp3) is 0.294. The van der Waals surface area contributed by atoms with Crippen molar-refractivity contribution in [3.63, 3.8) is 0 Å². The van der Waals surface area contributed by atoms with Crippen LogP contribution in [0.3, 0.4) is 0 Å². The van der Waals surface area contributed by atoms with Gasteiger partial charge in [-0.05, 0) is 42.5 Å². The molecule has 0 spiro atoms. The van der Waals surface area contributed by atoms with Gasteiger partial charge in [0, 0.05) is 17.6 Å². The van der Waals surface area contributed by atoms with Gasteiger partial charge in [-0.1, -0.05) is 53.6 Å². The van der Waals surface area contributed by atoms with Crippen molar-refractivity contribution in [2.75, 3.05) is 0 Å². The van der Waals surface area contributed by atoms with Crippen LogP contribution in [0, 0.1) is 6.92 Å². The van der Waals surface area contributed by atoms with Gasteiger partial charge in [-0.15, -0.1) is 0 Å². The summed E-state index contributed by atoms with van der Waals surface area (Å²) in [5.41, 5.74) is 5.46. The number of rotatable bonds is 3. The third kappa shape index (κ3) is 2.68. The summed E-state index contributed by atoms with van der Waals surface area (Å²) in [6, 6.07) is 15.3. The lowest BCUT2D eigenvalue weighted by Crippen LogP contribution is -2.18. The minimum absolute atomic E-state index is 0.464. The number of halogens is 1. The Morgan fingerprint density at radius 1 is 1.21 bits per heavy atom. The number of nitrogens with one attached hydrogen (secondary N) is 1. The van der Waals surface area contributed by atoms with Crippen LogP contribution in [-0.4, -0.2) is 0 Å². The van der Waals surface area contributed by atoms with Gasteiger partial charge in [0.05, 0.1) is 0 Å². The monoisotopic (exact) mass is 271 g/mol. The summed E-state index contributed by atoms with van der Waals surface area (Å²) < 4.78 is 0. The Morgan fingerprint density at radius 3 is 2.89 bits per heavy atom. The maximum absolute atomic E-state index is 6.20. The Morgan fingerprint density at radius 2 is 2.05 bits per heavy atom. The highest BCUT2D eigenvalue weighted by Crippen LogP contribution is 2.32. The fourth-order valence-corrected chi connectivity index (χ4v) is 3.01. The molecule has 1 N–H and O–H groups in total. The predicted octanol–water partition coefficient (Wildman–Crippen LogP) is 4.43. The van der Waals surface area contributed by atoms with Crippen molar-refractivity contribution in [1.82, 2.24) is 5.32 Å². The highest BCUT2D eigenvalue weighted by atomic mass is 35.5. The van der Waals surface area contributed by atoms with Gasteiger partial charge in [0.2, 0.25) is 0 Å². The number of hydrogen-bond donors (Lipinski definition) is 1. The molecule has 1 aliphatic rings. The third-order valence-corrected chi connectivity index (χ3v) is 4.24. The minimum atomic E-state index is 0.464. The van der Waals surface area contributed by atoms with Gasteiger partial charge in [-0.3, -0.25) is 0 Å². The van der Waals surface area contributed by atoms with Crippen molar-refractivity contribution in [1.29, 1.82) is 0 Å². The van der Waals surface area contributed by atoms with Crippen LogP contribution in [0.1, 0.15) is 34.7 Å². The SMILES string of the molecule is Cc1ccc2c(c1)C(NCc1ccccc1Cl)CC2. The Balaban J connectivity index is 1.73. The lowest BCUT2D eigenvalue weighted by Gasteiger charge is -2.15. The highest BCUT2D eigenvalue weighted by molar-refractivity contribution is 6.31. The highest BCUT2D eigenvalue weighted by Gasteiger charge is 2.21. The Bertz CT molecular complexity index is 592. The van der Waals surface area contributed by atoms with E-state index in [0.29, 0.717) is 6.04 Å². The molecule has 1 atom stereocenters. The molecule has 0 fully saturated rings. The van der Waals surface area contributed by atoms with Gasteiger partial charge < -0.3 is 5.32 Å². The van der Waals surface area contributed by atoms with Crippen LogP contribution < -0.4 is 5.32 Å². The zero-order chi connectivity index (χ0) is 13.2. The lowest BCUT2D eigenvalue weighted by molar-refractivity contribution is 0.530. The maximum Gasteiger partial charge on any atom is 0.0450 e. The van der Waals surface area contributed by atoms with Gasteiger partial charge in [-0.2, -0.15) is 0 Å². The molecular weight excluding hydrogens is 254 g/mol. The third-order valence-electron chi connectivity index (χ3n) is 3.88. The molecule has 0 amide bonds. The van der Waals surface area contributed by atoms with E-state index in [-0.39, 0.29) is 0 Å². The average molecular weight is 272 g/mol. The summed E-state index contributed by atoms with van der Waals surface area (Å²) >= 11 is 6.20. The standard InChI is InChI=1S/C17H18ClN/c1-12-6-7-13-8-9-17(15(13)10-12)19-11-14-4-2-3-5-16(14)18/h2-7,10,17,19H,8-9,11H2,1H3. The molecule has 0 saturated carbocycles. The van der Waals surface area contributed by atoms with E-state index >= 15 is 0 Å². The van der Waals surface area contributed by atoms with E-state index in [0.717, 1.165) is 11.6 Å². The first-order chi connectivity index (χ1) is 9.24. The number of benzene rings is 2. The second kappa shape index (κ2) is 5.36. The van der Waals surface area contributed by atoms with Crippen LogP contribution in [0.2, 0.25) is 5.02 Å². The van der Waals surface area contributed by atoms with Crippen molar-refractivity contribution >= 4 is 11.6 Å². The number of hydrogen-bond acceptors (Lipinski definition) is 1. The normalized spacial score (nSPS) is 17.5. The van der Waals surface area contributed by atoms with E-state index in [2.05, 4.69) is 36.5 Å². The van der Waals surface area contributed by atoms with Crippen molar-refractivity contribution in [3.05, 3.63) is 69.7 Å². The van der Waals surface area contributed by atoms with Crippen LogP contribution in [0.5, 0.6) is 0 Å². The van der Waals surface area contributed by atoms with E-state index in [1.807, 2.05) is 18.2 Å².